The molecule has 0 amide bonds. The van der Waals surface area contributed by atoms with Crippen LogP contribution in [0, 0.1) is 54.1 Å². The quantitative estimate of drug-likeness (QED) is 0.422. The zero-order chi connectivity index (χ0) is 18.6. The number of fused-ring (bicyclic) bond motifs is 9. The maximum atomic E-state index is 2.24. The van der Waals surface area contributed by atoms with Crippen LogP contribution in [0.5, 0.6) is 0 Å². The minimum absolute atomic E-state index is 0.786. The van der Waals surface area contributed by atoms with Crippen molar-refractivity contribution < 1.29 is 0 Å². The van der Waals surface area contributed by atoms with Crippen molar-refractivity contribution >= 4 is 0 Å². The van der Waals surface area contributed by atoms with Crippen LogP contribution in [0.3, 0.4) is 0 Å². The maximum Gasteiger partial charge on any atom is 0.0188 e. The van der Waals surface area contributed by atoms with Gasteiger partial charge in [0.1, 0.15) is 0 Å². The van der Waals surface area contributed by atoms with Gasteiger partial charge in [-0.2, -0.15) is 0 Å². The summed E-state index contributed by atoms with van der Waals surface area (Å²) in [6, 6.07) is 0. The van der Waals surface area contributed by atoms with Crippen molar-refractivity contribution in [2.45, 2.75) is 103 Å². The Kier molecular flexibility index (Phi) is 1.30. The fraction of sp³-hybridized carbons (Fsp3) is 0.867. The van der Waals surface area contributed by atoms with Gasteiger partial charge in [0.2, 0.25) is 0 Å². The molecule has 0 radical (unpaired) electrons. The Morgan fingerprint density at radius 1 is 0.300 bits per heavy atom. The molecule has 0 heterocycles. The summed E-state index contributed by atoms with van der Waals surface area (Å²) in [4.78, 5) is 0. The number of allylic oxidation sites excluding steroid dienone is 4. The van der Waals surface area contributed by atoms with Gasteiger partial charge in [0.25, 0.3) is 0 Å². The average molecular weight is 393 g/mol. The highest BCUT2D eigenvalue weighted by Gasteiger charge is 3.17. The lowest BCUT2D eigenvalue weighted by Crippen LogP contribution is -2.44. The summed E-state index contributed by atoms with van der Waals surface area (Å²) in [5.74, 6) is 0. The Hall–Kier alpha value is -0.520. The van der Waals surface area contributed by atoms with E-state index in [0.717, 1.165) is 54.1 Å². The van der Waals surface area contributed by atoms with Crippen molar-refractivity contribution in [3.05, 3.63) is 22.3 Å². The zero-order valence-corrected chi connectivity index (χ0v) is 18.3. The average Bonchev–Trinajstić information content (AvgIpc) is 3.53. The molecule has 0 aromatic heterocycles. The van der Waals surface area contributed by atoms with Crippen molar-refractivity contribution in [3.63, 3.8) is 0 Å². The van der Waals surface area contributed by atoms with E-state index in [1.165, 1.54) is 0 Å². The lowest BCUT2D eigenvalue weighted by molar-refractivity contribution is 0.201. The van der Waals surface area contributed by atoms with E-state index >= 15 is 0 Å². The monoisotopic (exact) mass is 392 g/mol. The van der Waals surface area contributed by atoms with Gasteiger partial charge in [0.05, 0.1) is 0 Å². The van der Waals surface area contributed by atoms with Crippen molar-refractivity contribution in [3.8, 4) is 0 Å². The van der Waals surface area contributed by atoms with Gasteiger partial charge in [-0.25, -0.2) is 0 Å². The van der Waals surface area contributed by atoms with Crippen LogP contribution in [0.1, 0.15) is 103 Å². The third-order valence-electron chi connectivity index (χ3n) is 16.3. The van der Waals surface area contributed by atoms with Crippen molar-refractivity contribution in [2.75, 3.05) is 0 Å². The number of hydrogen-bond donors (Lipinski definition) is 0. The Morgan fingerprint density at radius 2 is 0.533 bits per heavy atom. The Bertz CT molecular complexity index is 1050. The summed E-state index contributed by atoms with van der Waals surface area (Å²) in [6.45, 7) is 0. The highest BCUT2D eigenvalue weighted by molar-refractivity contribution is 5.87. The topological polar surface area (TPSA) is 0 Å². The predicted octanol–water partition coefficient (Wildman–Crippen LogP) is 6.86. The molecule has 13 aliphatic carbocycles. The summed E-state index contributed by atoms with van der Waals surface area (Å²) in [6.07, 6.45) is 26.0. The van der Waals surface area contributed by atoms with E-state index in [0.29, 0.717) is 0 Å². The van der Waals surface area contributed by atoms with Gasteiger partial charge in [0, 0.05) is 32.5 Å². The SMILES string of the molecule is C1CC12C(=C1C(=C3C4(CC4)C34CC4)C3(C4(CC4)C34CC4)C13C1(CC1)C31CC1)C21CC1. The molecule has 13 rings (SSSR count). The van der Waals surface area contributed by atoms with Gasteiger partial charge >= 0.3 is 0 Å². The van der Waals surface area contributed by atoms with Crippen molar-refractivity contribution in [2.24, 2.45) is 54.1 Å². The normalized spacial score (nSPS) is 49.6. The summed E-state index contributed by atoms with van der Waals surface area (Å²) >= 11 is 0. The lowest BCUT2D eigenvalue weighted by Gasteiger charge is -2.51. The molecule has 0 unspecified atom stereocenters. The molecule has 10 spiro atoms. The van der Waals surface area contributed by atoms with Crippen LogP contribution in [0.2, 0.25) is 0 Å². The molecule has 0 nitrogen and oxygen atoms in total. The molecule has 0 bridgehead atoms. The van der Waals surface area contributed by atoms with Gasteiger partial charge in [-0.3, -0.25) is 0 Å². The van der Waals surface area contributed by atoms with E-state index in [1.54, 1.807) is 103 Å². The standard InChI is InChI=1S/C30H32/c1-2-21(1)19(22(21)3-4-22)17-18(20-23(5-6-23)24(20)7-8-24)30(27(13-14-27)28(30)15-16-28)29(17)25(9-10-25)26(29)11-12-26/h1-16H2. The molecule has 0 aromatic rings. The summed E-state index contributed by atoms with van der Waals surface area (Å²) in [5, 5.41) is 0. The van der Waals surface area contributed by atoms with Gasteiger partial charge in [-0.1, -0.05) is 11.1 Å². The minimum Gasteiger partial charge on any atom is -0.0519 e. The summed E-state index contributed by atoms with van der Waals surface area (Å²) < 4.78 is 0. The van der Waals surface area contributed by atoms with E-state index in [2.05, 4.69) is 22.3 Å². The summed E-state index contributed by atoms with van der Waals surface area (Å²) in [7, 11) is 0. The fourth-order valence-electron chi connectivity index (χ4n) is 14.9. The highest BCUT2D eigenvalue weighted by atomic mass is 15.2. The molecule has 0 N–H and O–H groups in total. The van der Waals surface area contributed by atoms with Gasteiger partial charge < -0.3 is 0 Å². The smallest absolute Gasteiger partial charge is 0.0188 e. The Labute approximate surface area is 179 Å². The van der Waals surface area contributed by atoms with E-state index in [9.17, 15) is 0 Å². The third kappa shape index (κ3) is 0.748. The van der Waals surface area contributed by atoms with Crippen LogP contribution in [-0.4, -0.2) is 0 Å². The molecule has 30 heavy (non-hydrogen) atoms. The first-order valence-electron chi connectivity index (χ1n) is 14.2. The lowest BCUT2D eigenvalue weighted by atomic mass is 9.51. The number of rotatable bonds is 0. The predicted molar refractivity (Wildman–Crippen MR) is 112 cm³/mol. The molecule has 13 saturated carbocycles. The molecular formula is C30H32. The minimum atomic E-state index is 0.786. The fourth-order valence-corrected chi connectivity index (χ4v) is 14.9. The van der Waals surface area contributed by atoms with Crippen molar-refractivity contribution in [1.82, 2.24) is 0 Å². The first kappa shape index (κ1) is 13.9. The second-order valence-electron chi connectivity index (χ2n) is 15.7. The molecule has 0 saturated heterocycles. The van der Waals surface area contributed by atoms with Gasteiger partial charge in [0.15, 0.2) is 0 Å². The van der Waals surface area contributed by atoms with Gasteiger partial charge in [-0.15, -0.1) is 0 Å². The van der Waals surface area contributed by atoms with Gasteiger partial charge in [-0.05, 0) is 136 Å². The zero-order valence-electron chi connectivity index (χ0n) is 18.3. The Balaban J connectivity index is 1.22. The highest BCUT2D eigenvalue weighted by Crippen LogP contribution is 3.22. The second-order valence-corrected chi connectivity index (χ2v) is 15.7. The van der Waals surface area contributed by atoms with Crippen LogP contribution in [-0.2, 0) is 0 Å². The van der Waals surface area contributed by atoms with Crippen LogP contribution < -0.4 is 0 Å². The molecule has 0 atom stereocenters. The molecule has 0 aliphatic heterocycles. The molecule has 0 heteroatoms. The van der Waals surface area contributed by atoms with E-state index in [4.69, 9.17) is 0 Å². The molecule has 152 valence electrons. The third-order valence-corrected chi connectivity index (χ3v) is 16.3. The van der Waals surface area contributed by atoms with Crippen molar-refractivity contribution in [1.29, 1.82) is 0 Å². The number of hydrogen-bond acceptors (Lipinski definition) is 0. The van der Waals surface area contributed by atoms with Crippen LogP contribution in [0.25, 0.3) is 0 Å². The largest absolute Gasteiger partial charge is 0.0519 e. The molecular weight excluding hydrogens is 360 g/mol. The molecule has 0 aromatic carbocycles. The summed E-state index contributed by atoms with van der Waals surface area (Å²) in [5.41, 5.74) is 17.2. The van der Waals surface area contributed by atoms with E-state index < -0.39 is 0 Å². The van der Waals surface area contributed by atoms with E-state index in [-0.39, 0.29) is 0 Å². The molecule has 13 fully saturated rings. The van der Waals surface area contributed by atoms with Crippen LogP contribution >= 0.6 is 0 Å². The second kappa shape index (κ2) is 2.81. The first-order chi connectivity index (χ1) is 14.6. The molecule has 13 aliphatic rings. The first-order valence-corrected chi connectivity index (χ1v) is 14.2. The van der Waals surface area contributed by atoms with Crippen LogP contribution in [0.15, 0.2) is 22.3 Å². The van der Waals surface area contributed by atoms with E-state index in [1.807, 2.05) is 0 Å². The Morgan fingerprint density at radius 3 is 0.700 bits per heavy atom. The van der Waals surface area contributed by atoms with Crippen LogP contribution in [0.4, 0.5) is 0 Å². The maximum absolute atomic E-state index is 2.24.